The number of hydrogen-bond acceptors (Lipinski definition) is 6. The molecule has 1 aromatic carbocycles. The molecule has 26 heavy (non-hydrogen) atoms. The molecule has 138 valence electrons. The number of hydrogen-bond donors (Lipinski definition) is 1. The number of benzene rings is 1. The number of rotatable bonds is 5. The van der Waals surface area contributed by atoms with Gasteiger partial charge < -0.3 is 14.4 Å². The molecule has 1 aliphatic heterocycles. The number of ether oxygens (including phenoxy) is 2. The fourth-order valence-electron chi connectivity index (χ4n) is 3.03. The van der Waals surface area contributed by atoms with Gasteiger partial charge in [0.05, 0.1) is 18.0 Å². The summed E-state index contributed by atoms with van der Waals surface area (Å²) in [4.78, 5) is 37.8. The molecule has 3 rings (SSSR count). The molecule has 0 spiro atoms. The predicted molar refractivity (Wildman–Crippen MR) is 92.3 cm³/mol. The lowest BCUT2D eigenvalue weighted by Crippen LogP contribution is -2.42. The topological polar surface area (TPSA) is 102 Å². The maximum Gasteiger partial charge on any atom is 0.359 e. The third-order valence-electron chi connectivity index (χ3n) is 4.46. The van der Waals surface area contributed by atoms with Crippen LogP contribution >= 0.6 is 0 Å². The highest BCUT2D eigenvalue weighted by molar-refractivity contribution is 6.02. The van der Waals surface area contributed by atoms with Crippen molar-refractivity contribution in [2.45, 2.75) is 19.8 Å². The fraction of sp³-hybridized carbons (Fsp3) is 0.444. The second-order valence-corrected chi connectivity index (χ2v) is 6.10. The van der Waals surface area contributed by atoms with Crippen molar-refractivity contribution in [3.05, 3.63) is 30.0 Å². The van der Waals surface area contributed by atoms with Crippen LogP contribution < -0.4 is 0 Å². The van der Waals surface area contributed by atoms with Gasteiger partial charge in [0, 0.05) is 18.5 Å². The number of aromatic amines is 1. The quantitative estimate of drug-likeness (QED) is 0.812. The minimum Gasteiger partial charge on any atom is -0.466 e. The molecule has 2 heterocycles. The molecule has 0 saturated carbocycles. The molecule has 0 bridgehead atoms. The number of amides is 1. The highest BCUT2D eigenvalue weighted by Gasteiger charge is 2.28. The Bertz CT molecular complexity index is 808. The predicted octanol–water partition coefficient (Wildman–Crippen LogP) is 1.52. The number of nitrogens with one attached hydrogen (secondary N) is 1. The summed E-state index contributed by atoms with van der Waals surface area (Å²) >= 11 is 0. The second-order valence-electron chi connectivity index (χ2n) is 6.10. The Labute approximate surface area is 150 Å². The molecule has 0 atom stereocenters. The van der Waals surface area contributed by atoms with Gasteiger partial charge in [0.15, 0.2) is 12.3 Å². The maximum atomic E-state index is 12.2. The van der Waals surface area contributed by atoms with E-state index in [4.69, 9.17) is 9.47 Å². The van der Waals surface area contributed by atoms with Gasteiger partial charge in [-0.1, -0.05) is 18.2 Å². The van der Waals surface area contributed by atoms with Crippen LogP contribution in [0, 0.1) is 5.92 Å². The van der Waals surface area contributed by atoms with Crippen LogP contribution in [-0.2, 0) is 19.1 Å². The van der Waals surface area contributed by atoms with E-state index < -0.39 is 5.97 Å². The van der Waals surface area contributed by atoms with Gasteiger partial charge in [0.25, 0.3) is 5.91 Å². The van der Waals surface area contributed by atoms with E-state index in [-0.39, 0.29) is 30.1 Å². The van der Waals surface area contributed by atoms with Crippen molar-refractivity contribution in [2.75, 3.05) is 26.3 Å². The molecule has 1 N–H and O–H groups in total. The van der Waals surface area contributed by atoms with E-state index in [2.05, 4.69) is 10.2 Å². The molecule has 1 saturated heterocycles. The van der Waals surface area contributed by atoms with Gasteiger partial charge in [-0.15, -0.1) is 0 Å². The van der Waals surface area contributed by atoms with Crippen molar-refractivity contribution in [1.29, 1.82) is 0 Å². The van der Waals surface area contributed by atoms with Gasteiger partial charge in [-0.05, 0) is 25.8 Å². The van der Waals surface area contributed by atoms with Crippen molar-refractivity contribution in [1.82, 2.24) is 15.1 Å². The van der Waals surface area contributed by atoms with Gasteiger partial charge in [-0.25, -0.2) is 4.79 Å². The number of H-pyrrole nitrogens is 1. The molecule has 1 aromatic heterocycles. The van der Waals surface area contributed by atoms with E-state index in [1.165, 1.54) is 0 Å². The Morgan fingerprint density at radius 2 is 1.92 bits per heavy atom. The van der Waals surface area contributed by atoms with Crippen LogP contribution in [0.3, 0.4) is 0 Å². The Hall–Kier alpha value is -2.90. The lowest BCUT2D eigenvalue weighted by molar-refractivity contribution is -0.151. The number of carbonyl (C=O) groups excluding carboxylic acids is 3. The summed E-state index contributed by atoms with van der Waals surface area (Å²) in [6, 6.07) is 7.20. The lowest BCUT2D eigenvalue weighted by atomic mass is 9.97. The Morgan fingerprint density at radius 3 is 2.65 bits per heavy atom. The average molecular weight is 359 g/mol. The molecule has 0 aliphatic carbocycles. The zero-order valence-corrected chi connectivity index (χ0v) is 14.6. The molecular formula is C18H21N3O5. The van der Waals surface area contributed by atoms with Gasteiger partial charge in [0.1, 0.15) is 0 Å². The summed E-state index contributed by atoms with van der Waals surface area (Å²) in [5, 5.41) is 7.37. The summed E-state index contributed by atoms with van der Waals surface area (Å²) in [5.74, 6) is -1.30. The molecule has 0 radical (unpaired) electrons. The maximum absolute atomic E-state index is 12.2. The van der Waals surface area contributed by atoms with Crippen molar-refractivity contribution in [2.24, 2.45) is 5.92 Å². The Kier molecular flexibility index (Phi) is 5.50. The first kappa shape index (κ1) is 17.9. The molecule has 0 unspecified atom stereocenters. The van der Waals surface area contributed by atoms with Gasteiger partial charge in [-0.2, -0.15) is 5.10 Å². The van der Waals surface area contributed by atoms with Crippen molar-refractivity contribution in [3.63, 3.8) is 0 Å². The number of esters is 2. The van der Waals surface area contributed by atoms with Gasteiger partial charge >= 0.3 is 11.9 Å². The SMILES string of the molecule is CCOC(=O)C1CCN(C(=O)COC(=O)c2n[nH]c3ccccc23)CC1. The van der Waals surface area contributed by atoms with E-state index >= 15 is 0 Å². The van der Waals surface area contributed by atoms with E-state index in [0.717, 1.165) is 5.52 Å². The highest BCUT2D eigenvalue weighted by atomic mass is 16.5. The molecule has 8 nitrogen and oxygen atoms in total. The van der Waals surface area contributed by atoms with Crippen LogP contribution in [0.1, 0.15) is 30.3 Å². The van der Waals surface area contributed by atoms with E-state index in [9.17, 15) is 14.4 Å². The number of piperidine rings is 1. The summed E-state index contributed by atoms with van der Waals surface area (Å²) in [6.07, 6.45) is 1.12. The monoisotopic (exact) mass is 359 g/mol. The first-order chi connectivity index (χ1) is 12.6. The van der Waals surface area contributed by atoms with Crippen LogP contribution in [0.25, 0.3) is 10.9 Å². The summed E-state index contributed by atoms with van der Waals surface area (Å²) in [7, 11) is 0. The molecule has 8 heteroatoms. The molecular weight excluding hydrogens is 338 g/mol. The third kappa shape index (κ3) is 3.84. The van der Waals surface area contributed by atoms with E-state index in [1.807, 2.05) is 6.07 Å². The third-order valence-corrected chi connectivity index (χ3v) is 4.46. The van der Waals surface area contributed by atoms with Gasteiger partial charge in [-0.3, -0.25) is 14.7 Å². The zero-order valence-electron chi connectivity index (χ0n) is 14.6. The number of para-hydroxylation sites is 1. The average Bonchev–Trinajstić information content (AvgIpc) is 3.10. The smallest absolute Gasteiger partial charge is 0.359 e. The van der Waals surface area contributed by atoms with E-state index in [0.29, 0.717) is 37.9 Å². The lowest BCUT2D eigenvalue weighted by Gasteiger charge is -2.30. The summed E-state index contributed by atoms with van der Waals surface area (Å²) in [6.45, 7) is 2.68. The second kappa shape index (κ2) is 7.99. The summed E-state index contributed by atoms with van der Waals surface area (Å²) in [5.41, 5.74) is 0.890. The van der Waals surface area contributed by atoms with Crippen LogP contribution in [-0.4, -0.2) is 59.2 Å². The number of aromatic nitrogens is 2. The molecule has 1 aliphatic rings. The number of likely N-dealkylation sites (tertiary alicyclic amines) is 1. The Morgan fingerprint density at radius 1 is 1.19 bits per heavy atom. The highest BCUT2D eigenvalue weighted by Crippen LogP contribution is 2.19. The number of fused-ring (bicyclic) bond motifs is 1. The minimum atomic E-state index is -0.641. The van der Waals surface area contributed by atoms with Crippen molar-refractivity contribution >= 4 is 28.7 Å². The van der Waals surface area contributed by atoms with E-state index in [1.54, 1.807) is 30.0 Å². The Balaban J connectivity index is 1.50. The van der Waals surface area contributed by atoms with Crippen molar-refractivity contribution < 1.29 is 23.9 Å². The molecule has 2 aromatic rings. The zero-order chi connectivity index (χ0) is 18.5. The number of nitrogens with zero attached hydrogens (tertiary/aromatic N) is 2. The van der Waals surface area contributed by atoms with Crippen LogP contribution in [0.2, 0.25) is 0 Å². The standard InChI is InChI=1S/C18H21N3O5/c1-2-25-17(23)12-7-9-21(10-8-12)15(22)11-26-18(24)16-13-5-3-4-6-14(13)19-20-16/h3-6,12H,2,7-11H2,1H3,(H,19,20). The van der Waals surface area contributed by atoms with Gasteiger partial charge in [0.2, 0.25) is 0 Å². The van der Waals surface area contributed by atoms with Crippen LogP contribution in [0.5, 0.6) is 0 Å². The van der Waals surface area contributed by atoms with Crippen molar-refractivity contribution in [3.8, 4) is 0 Å². The number of carbonyl (C=O) groups is 3. The molecule has 1 amide bonds. The fourth-order valence-corrected chi connectivity index (χ4v) is 3.03. The van der Waals surface area contributed by atoms with Crippen LogP contribution in [0.15, 0.2) is 24.3 Å². The largest absolute Gasteiger partial charge is 0.466 e. The first-order valence-electron chi connectivity index (χ1n) is 8.64. The normalized spacial score (nSPS) is 15.0. The van der Waals surface area contributed by atoms with Crippen LogP contribution in [0.4, 0.5) is 0 Å². The summed E-state index contributed by atoms with van der Waals surface area (Å²) < 4.78 is 10.1. The first-order valence-corrected chi connectivity index (χ1v) is 8.64. The molecule has 1 fully saturated rings. The minimum absolute atomic E-state index is 0.161.